The highest BCUT2D eigenvalue weighted by atomic mass is 79.9. The number of carbonyl (C=O) groups excluding carboxylic acids is 1. The lowest BCUT2D eigenvalue weighted by atomic mass is 10.00. The maximum absolute atomic E-state index is 10.8. The largest absolute Gasteiger partial charge is 0.496 e. The van der Waals surface area contributed by atoms with Crippen molar-refractivity contribution < 1.29 is 9.53 Å². The van der Waals surface area contributed by atoms with E-state index >= 15 is 0 Å². The number of halogens is 1. The van der Waals surface area contributed by atoms with Gasteiger partial charge < -0.3 is 9.53 Å². The number of hydrogen-bond acceptors (Lipinski definition) is 2. The molecule has 17 heavy (non-hydrogen) atoms. The molecule has 3 heteroatoms. The molecule has 0 heterocycles. The zero-order chi connectivity index (χ0) is 12.3. The minimum atomic E-state index is -0.179. The van der Waals surface area contributed by atoms with E-state index in [-0.39, 0.29) is 4.83 Å². The number of alkyl halides is 1. The van der Waals surface area contributed by atoms with E-state index < -0.39 is 0 Å². The summed E-state index contributed by atoms with van der Waals surface area (Å²) in [7, 11) is 1.65. The molecule has 88 valence electrons. The van der Waals surface area contributed by atoms with Gasteiger partial charge in [-0.25, -0.2) is 0 Å². The Morgan fingerprint density at radius 3 is 2.76 bits per heavy atom. The highest BCUT2D eigenvalue weighted by Gasteiger charge is 2.12. The van der Waals surface area contributed by atoms with Crippen LogP contribution in [0.3, 0.4) is 0 Å². The molecule has 0 fully saturated rings. The molecule has 0 aliphatic carbocycles. The lowest BCUT2D eigenvalue weighted by Gasteiger charge is -2.12. The lowest BCUT2D eigenvalue weighted by molar-refractivity contribution is -0.107. The Morgan fingerprint density at radius 2 is 2.06 bits per heavy atom. The van der Waals surface area contributed by atoms with Gasteiger partial charge in [0.1, 0.15) is 12.0 Å². The summed E-state index contributed by atoms with van der Waals surface area (Å²) >= 11 is 3.34. The molecule has 0 aliphatic heterocycles. The summed E-state index contributed by atoms with van der Waals surface area (Å²) in [5, 5.41) is 2.30. The number of benzene rings is 2. The van der Waals surface area contributed by atoms with Crippen LogP contribution < -0.4 is 4.74 Å². The summed E-state index contributed by atoms with van der Waals surface area (Å²) in [4.78, 5) is 10.6. The van der Waals surface area contributed by atoms with Crippen LogP contribution in [-0.2, 0) is 11.2 Å². The van der Waals surface area contributed by atoms with Gasteiger partial charge in [-0.05, 0) is 23.3 Å². The van der Waals surface area contributed by atoms with E-state index in [9.17, 15) is 4.79 Å². The van der Waals surface area contributed by atoms with Crippen LogP contribution in [0.25, 0.3) is 10.8 Å². The Bertz CT molecular complexity index is 537. The van der Waals surface area contributed by atoms with E-state index in [2.05, 4.69) is 28.1 Å². The Hall–Kier alpha value is -1.35. The number of carbonyl (C=O) groups is 1. The summed E-state index contributed by atoms with van der Waals surface area (Å²) in [5.74, 6) is 0.829. The van der Waals surface area contributed by atoms with Gasteiger partial charge in [-0.1, -0.05) is 46.3 Å². The molecule has 0 radical (unpaired) electrons. The quantitative estimate of drug-likeness (QED) is 0.638. The molecule has 2 nitrogen and oxygen atoms in total. The normalized spacial score (nSPS) is 12.4. The zero-order valence-corrected chi connectivity index (χ0v) is 11.1. The van der Waals surface area contributed by atoms with Crippen LogP contribution >= 0.6 is 15.9 Å². The van der Waals surface area contributed by atoms with Crippen LogP contribution in [0.4, 0.5) is 0 Å². The van der Waals surface area contributed by atoms with Crippen LogP contribution in [0, 0.1) is 0 Å². The predicted octanol–water partition coefficient (Wildman–Crippen LogP) is 3.35. The third-order valence-electron chi connectivity index (χ3n) is 2.76. The molecular formula is C14H13BrO2. The molecule has 2 aromatic carbocycles. The van der Waals surface area contributed by atoms with Crippen molar-refractivity contribution in [3.8, 4) is 5.75 Å². The van der Waals surface area contributed by atoms with Crippen LogP contribution in [0.1, 0.15) is 5.56 Å². The van der Waals surface area contributed by atoms with Crippen molar-refractivity contribution in [2.75, 3.05) is 7.11 Å². The Balaban J connectivity index is 2.58. The Morgan fingerprint density at radius 1 is 1.29 bits per heavy atom. The van der Waals surface area contributed by atoms with E-state index in [1.165, 1.54) is 0 Å². The molecule has 1 atom stereocenters. The van der Waals surface area contributed by atoms with Crippen LogP contribution in [0.5, 0.6) is 5.75 Å². The topological polar surface area (TPSA) is 26.3 Å². The molecule has 0 aliphatic rings. The Kier molecular flexibility index (Phi) is 3.79. The molecule has 2 rings (SSSR count). The van der Waals surface area contributed by atoms with Crippen molar-refractivity contribution in [2.45, 2.75) is 11.2 Å². The smallest absolute Gasteiger partial charge is 0.133 e. The average molecular weight is 293 g/mol. The molecular weight excluding hydrogens is 280 g/mol. The minimum absolute atomic E-state index is 0.179. The average Bonchev–Trinajstić information content (AvgIpc) is 2.39. The molecule has 0 amide bonds. The SMILES string of the molecule is COc1ccc2ccccc2c1CC(Br)C=O. The van der Waals surface area contributed by atoms with Crippen molar-refractivity contribution in [3.63, 3.8) is 0 Å². The van der Waals surface area contributed by atoms with E-state index in [1.54, 1.807) is 7.11 Å². The maximum atomic E-state index is 10.8. The first-order valence-electron chi connectivity index (χ1n) is 5.40. The molecule has 0 saturated heterocycles. The number of rotatable bonds is 4. The summed E-state index contributed by atoms with van der Waals surface area (Å²) < 4.78 is 5.36. The number of methoxy groups -OCH3 is 1. The fourth-order valence-corrected chi connectivity index (χ4v) is 2.28. The van der Waals surface area contributed by atoms with E-state index in [1.807, 2.05) is 24.3 Å². The molecule has 0 aromatic heterocycles. The first-order chi connectivity index (χ1) is 8.26. The van der Waals surface area contributed by atoms with E-state index in [4.69, 9.17) is 4.74 Å². The van der Waals surface area contributed by atoms with Crippen molar-refractivity contribution >= 4 is 33.0 Å². The first-order valence-corrected chi connectivity index (χ1v) is 6.32. The number of ether oxygens (including phenoxy) is 1. The molecule has 0 bridgehead atoms. The monoisotopic (exact) mass is 292 g/mol. The molecule has 2 aromatic rings. The summed E-state index contributed by atoms with van der Waals surface area (Å²) in [6.07, 6.45) is 1.54. The summed E-state index contributed by atoms with van der Waals surface area (Å²) in [6, 6.07) is 12.1. The van der Waals surface area contributed by atoms with Crippen molar-refractivity contribution in [1.29, 1.82) is 0 Å². The van der Waals surface area contributed by atoms with Gasteiger partial charge in [0.15, 0.2) is 0 Å². The highest BCUT2D eigenvalue weighted by molar-refractivity contribution is 9.09. The number of hydrogen-bond donors (Lipinski definition) is 0. The Labute approximate surface area is 109 Å². The molecule has 0 spiro atoms. The van der Waals surface area contributed by atoms with Gasteiger partial charge in [0.2, 0.25) is 0 Å². The van der Waals surface area contributed by atoms with Gasteiger partial charge in [-0.15, -0.1) is 0 Å². The number of aldehydes is 1. The fourth-order valence-electron chi connectivity index (χ4n) is 1.96. The third kappa shape index (κ3) is 2.50. The van der Waals surface area contributed by atoms with Gasteiger partial charge in [0.05, 0.1) is 11.9 Å². The van der Waals surface area contributed by atoms with Crippen molar-refractivity contribution in [3.05, 3.63) is 42.0 Å². The van der Waals surface area contributed by atoms with Gasteiger partial charge in [-0.3, -0.25) is 0 Å². The summed E-state index contributed by atoms with van der Waals surface area (Å²) in [6.45, 7) is 0. The van der Waals surface area contributed by atoms with Crippen LogP contribution in [0.2, 0.25) is 0 Å². The van der Waals surface area contributed by atoms with Crippen LogP contribution in [-0.4, -0.2) is 18.2 Å². The number of fused-ring (bicyclic) bond motifs is 1. The van der Waals surface area contributed by atoms with E-state index in [0.29, 0.717) is 6.42 Å². The van der Waals surface area contributed by atoms with E-state index in [0.717, 1.165) is 28.4 Å². The minimum Gasteiger partial charge on any atom is -0.496 e. The van der Waals surface area contributed by atoms with Gasteiger partial charge in [-0.2, -0.15) is 0 Å². The van der Waals surface area contributed by atoms with Crippen molar-refractivity contribution in [2.24, 2.45) is 0 Å². The second-order valence-electron chi connectivity index (χ2n) is 3.82. The standard InChI is InChI=1S/C14H13BrO2/c1-17-14-7-6-10-4-2-3-5-12(10)13(14)8-11(15)9-16/h2-7,9,11H,8H2,1H3. The molecule has 1 unspecified atom stereocenters. The van der Waals surface area contributed by atoms with Gasteiger partial charge in [0, 0.05) is 5.56 Å². The zero-order valence-electron chi connectivity index (χ0n) is 9.52. The lowest BCUT2D eigenvalue weighted by Crippen LogP contribution is -2.05. The predicted molar refractivity (Wildman–Crippen MR) is 73.0 cm³/mol. The first kappa shape index (κ1) is 12.1. The fraction of sp³-hybridized carbons (Fsp3) is 0.214. The van der Waals surface area contributed by atoms with Gasteiger partial charge in [0.25, 0.3) is 0 Å². The molecule has 0 saturated carbocycles. The third-order valence-corrected chi connectivity index (χ3v) is 3.30. The summed E-state index contributed by atoms with van der Waals surface area (Å²) in [5.41, 5.74) is 1.07. The highest BCUT2D eigenvalue weighted by Crippen LogP contribution is 2.29. The second kappa shape index (κ2) is 5.32. The van der Waals surface area contributed by atoms with Crippen LogP contribution in [0.15, 0.2) is 36.4 Å². The second-order valence-corrected chi connectivity index (χ2v) is 5.00. The maximum Gasteiger partial charge on any atom is 0.133 e. The van der Waals surface area contributed by atoms with Crippen molar-refractivity contribution in [1.82, 2.24) is 0 Å². The van der Waals surface area contributed by atoms with Gasteiger partial charge >= 0.3 is 0 Å². The molecule has 0 N–H and O–H groups in total.